The van der Waals surface area contributed by atoms with E-state index in [-0.39, 0.29) is 23.9 Å². The molecule has 4 rings (SSSR count). The van der Waals surface area contributed by atoms with Crippen molar-refractivity contribution in [1.82, 2.24) is 14.0 Å². The third-order valence-electron chi connectivity index (χ3n) is 5.91. The van der Waals surface area contributed by atoms with Crippen molar-refractivity contribution >= 4 is 23.0 Å². The van der Waals surface area contributed by atoms with Gasteiger partial charge in [-0.2, -0.15) is 0 Å². The van der Waals surface area contributed by atoms with E-state index >= 15 is 0 Å². The molecule has 9 heteroatoms. The van der Waals surface area contributed by atoms with E-state index in [4.69, 9.17) is 5.11 Å². The number of aromatic amines is 1. The van der Waals surface area contributed by atoms with Gasteiger partial charge in [-0.25, -0.2) is 17.5 Å². The summed E-state index contributed by atoms with van der Waals surface area (Å²) < 4.78 is 47.0. The molecule has 0 spiro atoms. The number of hydrogen-bond acceptors (Lipinski definition) is 5. The van der Waals surface area contributed by atoms with Crippen molar-refractivity contribution in [2.24, 2.45) is 5.92 Å². The van der Waals surface area contributed by atoms with Crippen LogP contribution < -0.4 is 4.72 Å². The first-order valence-electron chi connectivity index (χ1n) is 10.5. The van der Waals surface area contributed by atoms with E-state index in [9.17, 15) is 18.3 Å². The monoisotopic (exact) mass is 465 g/mol. The minimum absolute atomic E-state index is 0.135. The van der Waals surface area contributed by atoms with E-state index in [1.54, 1.807) is 12.1 Å². The summed E-state index contributed by atoms with van der Waals surface area (Å²) in [5.41, 5.74) is 2.57. The van der Waals surface area contributed by atoms with E-state index in [2.05, 4.69) is 9.71 Å². The molecule has 0 amide bonds. The molecule has 1 aliphatic rings. The van der Waals surface area contributed by atoms with Crippen molar-refractivity contribution in [3.63, 3.8) is 0 Å². The molecule has 1 aromatic heterocycles. The number of likely N-dealkylation sites (N-methyl/N-ethyl adjacent to an activating group) is 1. The van der Waals surface area contributed by atoms with E-state index in [1.807, 2.05) is 11.4 Å². The van der Waals surface area contributed by atoms with Crippen LogP contribution in [0.3, 0.4) is 0 Å². The van der Waals surface area contributed by atoms with Crippen LogP contribution in [0, 0.1) is 23.4 Å². The first-order valence-corrected chi connectivity index (χ1v) is 11.3. The van der Waals surface area contributed by atoms with Gasteiger partial charge < -0.3 is 15.2 Å². The van der Waals surface area contributed by atoms with Gasteiger partial charge in [0, 0.05) is 36.7 Å². The van der Waals surface area contributed by atoms with Gasteiger partial charge >= 0.3 is 0 Å². The van der Waals surface area contributed by atoms with Crippen LogP contribution in [0.15, 0.2) is 36.4 Å². The van der Waals surface area contributed by atoms with E-state index in [0.717, 1.165) is 36.6 Å². The molecule has 1 unspecified atom stereocenters. The average molecular weight is 466 g/mol. The van der Waals surface area contributed by atoms with Gasteiger partial charge in [0.2, 0.25) is 0 Å². The number of hydrogen-bond donors (Lipinski definition) is 4. The Balaban J connectivity index is 1.48. The number of nitrogens with one attached hydrogen (secondary N) is 2. The fourth-order valence-corrected chi connectivity index (χ4v) is 5.08. The van der Waals surface area contributed by atoms with Gasteiger partial charge in [-0.05, 0) is 73.2 Å². The Labute approximate surface area is 188 Å². The first-order chi connectivity index (χ1) is 15.4. The number of fused-ring (bicyclic) bond motifs is 1. The number of H-pyrrole nitrogens is 1. The molecule has 1 atom stereocenters. The molecule has 0 aliphatic heterocycles. The molecule has 5 nitrogen and oxygen atoms in total. The van der Waals surface area contributed by atoms with Gasteiger partial charge in [0.25, 0.3) is 0 Å². The summed E-state index contributed by atoms with van der Waals surface area (Å²) in [6.07, 6.45) is 0.931. The highest BCUT2D eigenvalue weighted by molar-refractivity contribution is 7.95. The maximum absolute atomic E-state index is 14.5. The van der Waals surface area contributed by atoms with Crippen LogP contribution in [0.5, 0.6) is 0 Å². The molecule has 0 saturated heterocycles. The summed E-state index contributed by atoms with van der Waals surface area (Å²) in [5.74, 6) is -1.09. The molecular formula is C23H26F3N3O2S. The van der Waals surface area contributed by atoms with Crippen LogP contribution in [0.25, 0.3) is 22.2 Å². The van der Waals surface area contributed by atoms with E-state index < -0.39 is 17.7 Å². The largest absolute Gasteiger partial charge is 0.394 e. The zero-order valence-corrected chi connectivity index (χ0v) is 18.4. The van der Waals surface area contributed by atoms with Crippen LogP contribution in [0.2, 0.25) is 0 Å². The Morgan fingerprint density at radius 1 is 1.16 bits per heavy atom. The zero-order valence-electron chi connectivity index (χ0n) is 17.6. The number of aromatic nitrogens is 1. The van der Waals surface area contributed by atoms with E-state index in [0.29, 0.717) is 23.5 Å². The summed E-state index contributed by atoms with van der Waals surface area (Å²) in [7, 11) is 1.82. The van der Waals surface area contributed by atoms with Crippen LogP contribution in [-0.4, -0.2) is 52.4 Å². The third kappa shape index (κ3) is 4.97. The van der Waals surface area contributed by atoms with Crippen LogP contribution in [0.4, 0.5) is 13.2 Å². The number of aliphatic hydroxyl groups is 2. The van der Waals surface area contributed by atoms with Crippen molar-refractivity contribution in [2.75, 3.05) is 26.7 Å². The van der Waals surface area contributed by atoms with Crippen LogP contribution in [0.1, 0.15) is 24.3 Å². The molecule has 32 heavy (non-hydrogen) atoms. The van der Waals surface area contributed by atoms with Gasteiger partial charge in [0.1, 0.15) is 17.5 Å². The lowest BCUT2D eigenvalue weighted by Crippen LogP contribution is -2.33. The lowest BCUT2D eigenvalue weighted by Gasteiger charge is -2.36. The second kappa shape index (κ2) is 9.84. The molecule has 0 radical (unpaired) electrons. The molecule has 4 N–H and O–H groups in total. The molecule has 1 saturated carbocycles. The Hall–Kier alpha value is -2.04. The standard InChI is InChI=1S/C23H26F3N3O2S/c1-29(11-18(31)12-30)32-27-10-13-6-15(7-13)21-19-8-17(25)9-20(26)23(19)28-22(21)14-2-4-16(24)5-3-14/h2-5,8-9,13,15,18,27-28,30-31H,6-7,10-12H2,1H3. The first kappa shape index (κ1) is 23.1. The second-order valence-electron chi connectivity index (χ2n) is 8.35. The average Bonchev–Trinajstić information content (AvgIpc) is 3.09. The van der Waals surface area contributed by atoms with Crippen molar-refractivity contribution < 1.29 is 23.4 Å². The third-order valence-corrected chi connectivity index (χ3v) is 6.67. The molecule has 1 fully saturated rings. The topological polar surface area (TPSA) is 71.5 Å². The smallest absolute Gasteiger partial charge is 0.150 e. The highest BCUT2D eigenvalue weighted by atomic mass is 32.2. The molecule has 1 aliphatic carbocycles. The minimum atomic E-state index is -0.782. The minimum Gasteiger partial charge on any atom is -0.394 e. The fraction of sp³-hybridized carbons (Fsp3) is 0.391. The number of rotatable bonds is 9. The Morgan fingerprint density at radius 2 is 1.88 bits per heavy atom. The maximum Gasteiger partial charge on any atom is 0.150 e. The van der Waals surface area contributed by atoms with Gasteiger partial charge in [-0.1, -0.05) is 0 Å². The summed E-state index contributed by atoms with van der Waals surface area (Å²) in [4.78, 5) is 3.11. The van der Waals surface area contributed by atoms with Gasteiger partial charge in [0.05, 0.1) is 23.9 Å². The molecular weight excluding hydrogens is 439 g/mol. The normalized spacial score (nSPS) is 19.5. The highest BCUT2D eigenvalue weighted by Gasteiger charge is 2.34. The molecule has 172 valence electrons. The number of halogens is 3. The Bertz CT molecular complexity index is 1070. The SMILES string of the molecule is CN(CC(O)CO)SNCC1CC(c2c(-c3ccc(F)cc3)[nH]c3c(F)cc(F)cc23)C1. The summed E-state index contributed by atoms with van der Waals surface area (Å²) in [5, 5.41) is 18.9. The summed E-state index contributed by atoms with van der Waals surface area (Å²) in [6.45, 7) is 0.810. The fourth-order valence-electron chi connectivity index (χ4n) is 4.30. The van der Waals surface area contributed by atoms with Gasteiger partial charge in [-0.3, -0.25) is 4.72 Å². The maximum atomic E-state index is 14.5. The Kier molecular flexibility index (Phi) is 7.11. The lowest BCUT2D eigenvalue weighted by atomic mass is 9.70. The van der Waals surface area contributed by atoms with Crippen LogP contribution >= 0.6 is 12.1 Å². The van der Waals surface area contributed by atoms with Gasteiger partial charge in [-0.15, -0.1) is 0 Å². The highest BCUT2D eigenvalue weighted by Crippen LogP contribution is 2.48. The number of nitrogens with zero attached hydrogens (tertiary/aromatic N) is 1. The van der Waals surface area contributed by atoms with Crippen molar-refractivity contribution in [1.29, 1.82) is 0 Å². The van der Waals surface area contributed by atoms with Crippen molar-refractivity contribution in [3.8, 4) is 11.3 Å². The zero-order chi connectivity index (χ0) is 22.8. The molecule has 1 heterocycles. The number of aliphatic hydroxyl groups excluding tert-OH is 2. The predicted molar refractivity (Wildman–Crippen MR) is 120 cm³/mol. The van der Waals surface area contributed by atoms with Gasteiger partial charge in [0.15, 0.2) is 0 Å². The molecule has 2 aromatic carbocycles. The van der Waals surface area contributed by atoms with E-state index in [1.165, 1.54) is 30.3 Å². The summed E-state index contributed by atoms with van der Waals surface area (Å²) >= 11 is 1.38. The predicted octanol–water partition coefficient (Wildman–Crippen LogP) is 4.18. The number of benzene rings is 2. The molecule has 0 bridgehead atoms. The quantitative estimate of drug-likeness (QED) is 0.357. The summed E-state index contributed by atoms with van der Waals surface area (Å²) in [6, 6.07) is 8.23. The Morgan fingerprint density at radius 3 is 2.56 bits per heavy atom. The lowest BCUT2D eigenvalue weighted by molar-refractivity contribution is 0.0842. The van der Waals surface area contributed by atoms with Crippen molar-refractivity contribution in [3.05, 3.63) is 59.4 Å². The second-order valence-corrected chi connectivity index (χ2v) is 9.45. The van der Waals surface area contributed by atoms with Crippen LogP contribution in [-0.2, 0) is 0 Å². The van der Waals surface area contributed by atoms with Crippen molar-refractivity contribution in [2.45, 2.75) is 24.9 Å². The molecule has 3 aromatic rings.